The minimum atomic E-state index is -0.732. The molecule has 1 N–H and O–H groups in total. The summed E-state index contributed by atoms with van der Waals surface area (Å²) in [6.07, 6.45) is 44.0. The third kappa shape index (κ3) is 32.4. The maximum atomic E-state index is 12.5. The summed E-state index contributed by atoms with van der Waals surface area (Å²) >= 11 is 0. The van der Waals surface area contributed by atoms with Crippen molar-refractivity contribution < 1.29 is 19.4 Å². The van der Waals surface area contributed by atoms with Gasteiger partial charge in [-0.25, -0.2) is 0 Å². The van der Waals surface area contributed by atoms with E-state index in [0.29, 0.717) is 12.8 Å². The Bertz CT molecular complexity index is 719. The Morgan fingerprint density at radius 3 is 1.52 bits per heavy atom. The Morgan fingerprint density at radius 1 is 0.548 bits per heavy atom. The number of rotatable bonds is 31. The van der Waals surface area contributed by atoms with Crippen molar-refractivity contribution in [2.45, 2.75) is 180 Å². The molecule has 0 bridgehead atoms. The van der Waals surface area contributed by atoms with E-state index in [1.165, 1.54) is 64.2 Å². The van der Waals surface area contributed by atoms with E-state index >= 15 is 0 Å². The van der Waals surface area contributed by atoms with Crippen molar-refractivity contribution in [3.8, 4) is 0 Å². The number of hydrogen-bond acceptors (Lipinski definition) is 3. The number of esters is 1. The van der Waals surface area contributed by atoms with Crippen LogP contribution in [0.2, 0.25) is 0 Å². The van der Waals surface area contributed by atoms with Crippen LogP contribution in [0.15, 0.2) is 48.6 Å². The molecular formula is C38H66O4. The molecule has 4 nitrogen and oxygen atoms in total. The first-order chi connectivity index (χ1) is 20.6. The lowest BCUT2D eigenvalue weighted by molar-refractivity contribution is -0.150. The Morgan fingerprint density at radius 2 is 1.00 bits per heavy atom. The lowest BCUT2D eigenvalue weighted by Gasteiger charge is -2.18. The third-order valence-electron chi connectivity index (χ3n) is 7.57. The van der Waals surface area contributed by atoms with Gasteiger partial charge in [0.1, 0.15) is 6.10 Å². The minimum Gasteiger partial charge on any atom is -0.481 e. The molecule has 0 amide bonds. The summed E-state index contributed by atoms with van der Waals surface area (Å²) in [5, 5.41) is 8.86. The molecule has 0 heterocycles. The predicted octanol–water partition coefficient (Wildman–Crippen LogP) is 12.0. The lowest BCUT2D eigenvalue weighted by Crippen LogP contribution is -2.18. The van der Waals surface area contributed by atoms with Gasteiger partial charge in [-0.3, -0.25) is 9.59 Å². The van der Waals surface area contributed by atoms with Gasteiger partial charge >= 0.3 is 11.9 Å². The molecule has 0 rings (SSSR count). The Balaban J connectivity index is 4.08. The zero-order valence-corrected chi connectivity index (χ0v) is 27.5. The second-order valence-electron chi connectivity index (χ2n) is 11.7. The summed E-state index contributed by atoms with van der Waals surface area (Å²) in [5.41, 5.74) is 0. The van der Waals surface area contributed by atoms with E-state index in [1.807, 2.05) is 0 Å². The monoisotopic (exact) mass is 586 g/mol. The third-order valence-corrected chi connectivity index (χ3v) is 7.57. The smallest absolute Gasteiger partial charge is 0.306 e. The van der Waals surface area contributed by atoms with Crippen LogP contribution in [0.25, 0.3) is 0 Å². The van der Waals surface area contributed by atoms with Gasteiger partial charge in [0.2, 0.25) is 0 Å². The predicted molar refractivity (Wildman–Crippen MR) is 181 cm³/mol. The van der Waals surface area contributed by atoms with Crippen LogP contribution in [-0.2, 0) is 14.3 Å². The first-order valence-electron chi connectivity index (χ1n) is 17.6. The summed E-state index contributed by atoms with van der Waals surface area (Å²) in [7, 11) is 0. The summed E-state index contributed by atoms with van der Waals surface area (Å²) in [6.45, 7) is 4.42. The van der Waals surface area contributed by atoms with E-state index in [-0.39, 0.29) is 18.5 Å². The minimum absolute atomic E-state index is 0.0183. The molecule has 242 valence electrons. The number of unbranched alkanes of at least 4 members (excludes halogenated alkanes) is 14. The molecule has 0 spiro atoms. The second-order valence-corrected chi connectivity index (χ2v) is 11.7. The molecule has 0 saturated heterocycles. The van der Waals surface area contributed by atoms with Crippen molar-refractivity contribution in [3.63, 3.8) is 0 Å². The summed E-state index contributed by atoms with van der Waals surface area (Å²) in [6, 6.07) is 0. The molecule has 0 aromatic rings. The molecule has 0 fully saturated rings. The number of allylic oxidation sites excluding steroid dienone is 8. The van der Waals surface area contributed by atoms with E-state index in [2.05, 4.69) is 62.5 Å². The number of carbonyl (C=O) groups excluding carboxylic acids is 1. The standard InChI is InChI=1S/C38H66O4/c1-3-5-7-9-11-13-15-16-17-18-20-22-24-26-31-35-38(41)42-36(33-29-27-30-34-37(39)40)32-28-25-23-21-19-14-12-10-8-6-4-2/h5,7,11,13,16-17,20,22,36H,3-4,6,8-10,12,14-15,18-19,21,23-35H2,1-2H3,(H,39,40)/b7-5-,13-11-,17-16-,22-20-. The number of carboxylic acid groups (broad SMARTS) is 1. The lowest BCUT2D eigenvalue weighted by atomic mass is 10.0. The van der Waals surface area contributed by atoms with Crippen molar-refractivity contribution >= 4 is 11.9 Å². The fourth-order valence-corrected chi connectivity index (χ4v) is 5.00. The topological polar surface area (TPSA) is 63.6 Å². The van der Waals surface area contributed by atoms with Gasteiger partial charge in [0.05, 0.1) is 0 Å². The van der Waals surface area contributed by atoms with Crippen LogP contribution < -0.4 is 0 Å². The maximum Gasteiger partial charge on any atom is 0.306 e. The van der Waals surface area contributed by atoms with Crippen LogP contribution >= 0.6 is 0 Å². The highest BCUT2D eigenvalue weighted by molar-refractivity contribution is 5.69. The van der Waals surface area contributed by atoms with Crippen LogP contribution in [0.4, 0.5) is 0 Å². The molecular weight excluding hydrogens is 520 g/mol. The van der Waals surface area contributed by atoms with E-state index in [4.69, 9.17) is 9.84 Å². The van der Waals surface area contributed by atoms with E-state index in [9.17, 15) is 9.59 Å². The summed E-state index contributed by atoms with van der Waals surface area (Å²) in [4.78, 5) is 23.3. The number of aliphatic carboxylic acids is 1. The molecule has 1 unspecified atom stereocenters. The van der Waals surface area contributed by atoms with E-state index in [0.717, 1.165) is 77.0 Å². The maximum absolute atomic E-state index is 12.5. The van der Waals surface area contributed by atoms with Crippen LogP contribution in [0.1, 0.15) is 174 Å². The number of carbonyl (C=O) groups is 2. The van der Waals surface area contributed by atoms with Gasteiger partial charge < -0.3 is 9.84 Å². The SMILES string of the molecule is CC/C=C\C/C=C\C/C=C\C/C=C\CCCCC(=O)OC(CCCCCCCCCCCCC)CCCCCC(=O)O. The zero-order chi connectivity index (χ0) is 30.8. The molecule has 0 aliphatic rings. The zero-order valence-electron chi connectivity index (χ0n) is 27.5. The van der Waals surface area contributed by atoms with Gasteiger partial charge in [0, 0.05) is 12.8 Å². The molecule has 0 aliphatic heterocycles. The Labute approximate surface area is 260 Å². The van der Waals surface area contributed by atoms with Crippen molar-refractivity contribution in [2.24, 2.45) is 0 Å². The van der Waals surface area contributed by atoms with Crippen LogP contribution in [-0.4, -0.2) is 23.1 Å². The van der Waals surface area contributed by atoms with Gasteiger partial charge in [-0.15, -0.1) is 0 Å². The fourth-order valence-electron chi connectivity index (χ4n) is 5.00. The van der Waals surface area contributed by atoms with Gasteiger partial charge in [0.25, 0.3) is 0 Å². The molecule has 0 aromatic heterocycles. The number of carboxylic acids is 1. The molecule has 0 aliphatic carbocycles. The first kappa shape index (κ1) is 39.9. The second kappa shape index (κ2) is 33.4. The highest BCUT2D eigenvalue weighted by Crippen LogP contribution is 2.18. The van der Waals surface area contributed by atoms with Gasteiger partial charge in [0.15, 0.2) is 0 Å². The fraction of sp³-hybridized carbons (Fsp3) is 0.737. The largest absolute Gasteiger partial charge is 0.481 e. The van der Waals surface area contributed by atoms with E-state index < -0.39 is 5.97 Å². The quantitative estimate of drug-likeness (QED) is 0.0498. The Hall–Kier alpha value is -2.10. The van der Waals surface area contributed by atoms with Crippen molar-refractivity contribution in [3.05, 3.63) is 48.6 Å². The van der Waals surface area contributed by atoms with E-state index in [1.54, 1.807) is 0 Å². The van der Waals surface area contributed by atoms with Gasteiger partial charge in [-0.2, -0.15) is 0 Å². The average molecular weight is 587 g/mol. The molecule has 0 saturated carbocycles. The highest BCUT2D eigenvalue weighted by Gasteiger charge is 2.14. The summed E-state index contributed by atoms with van der Waals surface area (Å²) < 4.78 is 5.90. The van der Waals surface area contributed by atoms with Gasteiger partial charge in [-0.1, -0.05) is 133 Å². The van der Waals surface area contributed by atoms with Crippen molar-refractivity contribution in [1.29, 1.82) is 0 Å². The van der Waals surface area contributed by atoms with Crippen LogP contribution in [0.3, 0.4) is 0 Å². The normalized spacial score (nSPS) is 12.8. The molecule has 1 atom stereocenters. The van der Waals surface area contributed by atoms with Crippen LogP contribution in [0, 0.1) is 0 Å². The number of ether oxygens (including phenoxy) is 1. The highest BCUT2D eigenvalue weighted by atomic mass is 16.5. The van der Waals surface area contributed by atoms with Crippen molar-refractivity contribution in [2.75, 3.05) is 0 Å². The Kier molecular flexibility index (Phi) is 31.7. The number of hydrogen-bond donors (Lipinski definition) is 1. The average Bonchev–Trinajstić information content (AvgIpc) is 2.97. The molecule has 42 heavy (non-hydrogen) atoms. The van der Waals surface area contributed by atoms with Crippen molar-refractivity contribution in [1.82, 2.24) is 0 Å². The molecule has 0 radical (unpaired) electrons. The first-order valence-corrected chi connectivity index (χ1v) is 17.6. The van der Waals surface area contributed by atoms with Crippen LogP contribution in [0.5, 0.6) is 0 Å². The van der Waals surface area contributed by atoms with Gasteiger partial charge in [-0.05, 0) is 77.0 Å². The molecule has 0 aromatic carbocycles. The molecule has 4 heteroatoms. The summed E-state index contributed by atoms with van der Waals surface area (Å²) in [5.74, 6) is -0.803.